The Bertz CT molecular complexity index is 690. The van der Waals surface area contributed by atoms with Crippen LogP contribution in [0.2, 0.25) is 0 Å². The summed E-state index contributed by atoms with van der Waals surface area (Å²) in [7, 11) is 0. The average molecular weight is 417 g/mol. The van der Waals surface area contributed by atoms with Crippen molar-refractivity contribution in [2.75, 3.05) is 6.61 Å². The van der Waals surface area contributed by atoms with Crippen LogP contribution in [0.25, 0.3) is 0 Å². The molecule has 2 rings (SSSR count). The van der Waals surface area contributed by atoms with E-state index in [-0.39, 0.29) is 11.4 Å². The van der Waals surface area contributed by atoms with Gasteiger partial charge in [-0.25, -0.2) is 4.39 Å². The lowest BCUT2D eigenvalue weighted by molar-refractivity contribution is 0.317. The quantitative estimate of drug-likeness (QED) is 0.695. The molecule has 0 bridgehead atoms. The number of para-hydroxylation sites is 1. The van der Waals surface area contributed by atoms with E-state index in [1.165, 1.54) is 12.3 Å². The lowest BCUT2D eigenvalue weighted by Gasteiger charge is -2.11. The number of nitrogens with zero attached hydrogens (tertiary/aromatic N) is 1. The molecule has 0 spiro atoms. The first kappa shape index (κ1) is 16.0. The van der Waals surface area contributed by atoms with Gasteiger partial charge in [0.05, 0.1) is 17.9 Å². The third-order valence-electron chi connectivity index (χ3n) is 2.68. The van der Waals surface area contributed by atoms with Crippen LogP contribution in [0.3, 0.4) is 0 Å². The van der Waals surface area contributed by atoms with Gasteiger partial charge in [-0.05, 0) is 57.0 Å². The molecule has 0 heterocycles. The summed E-state index contributed by atoms with van der Waals surface area (Å²) in [5, 5.41) is 10.2. The topological polar surface area (TPSA) is 41.8 Å². The highest BCUT2D eigenvalue weighted by atomic mass is 79.9. The van der Waals surface area contributed by atoms with Crippen molar-refractivity contribution in [1.82, 2.24) is 0 Å². The van der Waals surface area contributed by atoms with Crippen LogP contribution in [-0.2, 0) is 0 Å². The third kappa shape index (κ3) is 3.63. The second-order valence-electron chi connectivity index (χ2n) is 4.08. The number of rotatable bonds is 4. The first-order chi connectivity index (χ1) is 10.0. The van der Waals surface area contributed by atoms with E-state index in [0.717, 1.165) is 0 Å². The van der Waals surface area contributed by atoms with Gasteiger partial charge in [0.2, 0.25) is 0 Å². The highest BCUT2D eigenvalue weighted by Gasteiger charge is 2.14. The Morgan fingerprint density at radius 1 is 1.33 bits per heavy atom. The maximum Gasteiger partial charge on any atom is 0.167 e. The van der Waals surface area contributed by atoms with E-state index < -0.39 is 5.82 Å². The molecule has 0 saturated carbocycles. The molecule has 2 aromatic carbocycles. The van der Waals surface area contributed by atoms with Gasteiger partial charge >= 0.3 is 0 Å². The minimum Gasteiger partial charge on any atom is -0.504 e. The van der Waals surface area contributed by atoms with Crippen LogP contribution in [0.4, 0.5) is 10.1 Å². The van der Waals surface area contributed by atoms with Crippen LogP contribution in [0.15, 0.2) is 44.3 Å². The number of aliphatic imine (C=N–C) groups is 1. The summed E-state index contributed by atoms with van der Waals surface area (Å²) in [6, 6.07) is 7.82. The predicted molar refractivity (Wildman–Crippen MR) is 88.3 cm³/mol. The first-order valence-electron chi connectivity index (χ1n) is 6.17. The van der Waals surface area contributed by atoms with Gasteiger partial charge in [0, 0.05) is 15.2 Å². The molecule has 0 aromatic heterocycles. The molecule has 1 N–H and O–H groups in total. The summed E-state index contributed by atoms with van der Waals surface area (Å²) in [5.74, 6) is -0.140. The van der Waals surface area contributed by atoms with E-state index >= 15 is 0 Å². The van der Waals surface area contributed by atoms with Crippen LogP contribution in [0.1, 0.15) is 12.5 Å². The van der Waals surface area contributed by atoms with Gasteiger partial charge in [-0.2, -0.15) is 0 Å². The van der Waals surface area contributed by atoms with Crippen molar-refractivity contribution in [3.8, 4) is 11.5 Å². The van der Waals surface area contributed by atoms with Crippen LogP contribution in [-0.4, -0.2) is 17.9 Å². The summed E-state index contributed by atoms with van der Waals surface area (Å²) in [5.41, 5.74) is 0.609. The monoisotopic (exact) mass is 415 g/mol. The number of hydrogen-bond acceptors (Lipinski definition) is 3. The number of ether oxygens (including phenoxy) is 1. The maximum atomic E-state index is 13.6. The second-order valence-corrected chi connectivity index (χ2v) is 5.72. The Labute approximate surface area is 138 Å². The highest BCUT2D eigenvalue weighted by molar-refractivity contribution is 9.13. The van der Waals surface area contributed by atoms with Crippen molar-refractivity contribution in [2.24, 2.45) is 4.99 Å². The number of phenolic OH excluding ortho intramolecular Hbond substituents is 1. The number of phenols is 1. The van der Waals surface area contributed by atoms with Crippen LogP contribution in [0.5, 0.6) is 11.5 Å². The van der Waals surface area contributed by atoms with Gasteiger partial charge in [0.15, 0.2) is 11.5 Å². The summed E-state index contributed by atoms with van der Waals surface area (Å²) in [4.78, 5) is 4.07. The van der Waals surface area contributed by atoms with E-state index in [1.807, 2.05) is 6.92 Å². The number of benzene rings is 2. The zero-order valence-corrected chi connectivity index (χ0v) is 14.3. The molecule has 110 valence electrons. The third-order valence-corrected chi connectivity index (χ3v) is 4.69. The maximum absolute atomic E-state index is 13.6. The molecule has 21 heavy (non-hydrogen) atoms. The van der Waals surface area contributed by atoms with E-state index in [2.05, 4.69) is 36.9 Å². The predicted octanol–water partition coefficient (Wildman–Crippen LogP) is 5.21. The normalized spacial score (nSPS) is 11.0. The van der Waals surface area contributed by atoms with Crippen LogP contribution < -0.4 is 4.74 Å². The minimum atomic E-state index is -0.426. The summed E-state index contributed by atoms with van der Waals surface area (Å²) < 4.78 is 20.2. The molecule has 0 atom stereocenters. The van der Waals surface area contributed by atoms with E-state index in [9.17, 15) is 9.50 Å². The molecule has 3 nitrogen and oxygen atoms in total. The van der Waals surface area contributed by atoms with Gasteiger partial charge in [-0.15, -0.1) is 0 Å². The number of hydrogen-bond donors (Lipinski definition) is 1. The molecule has 0 fully saturated rings. The summed E-state index contributed by atoms with van der Waals surface area (Å²) in [6.45, 7) is 2.24. The first-order valence-corrected chi connectivity index (χ1v) is 7.75. The molecule has 0 amide bonds. The van der Waals surface area contributed by atoms with Gasteiger partial charge in [0.25, 0.3) is 0 Å². The fourth-order valence-electron chi connectivity index (χ4n) is 1.69. The fourth-order valence-corrected chi connectivity index (χ4v) is 2.51. The molecule has 0 aliphatic rings. The van der Waals surface area contributed by atoms with Crippen molar-refractivity contribution in [2.45, 2.75) is 6.92 Å². The Balaban J connectivity index is 2.46. The van der Waals surface area contributed by atoms with E-state index in [4.69, 9.17) is 4.74 Å². The van der Waals surface area contributed by atoms with E-state index in [0.29, 0.717) is 26.9 Å². The molecular weight excluding hydrogens is 405 g/mol. The Morgan fingerprint density at radius 3 is 2.71 bits per heavy atom. The van der Waals surface area contributed by atoms with Gasteiger partial charge < -0.3 is 9.84 Å². The minimum absolute atomic E-state index is 0.0491. The van der Waals surface area contributed by atoms with E-state index in [1.54, 1.807) is 24.3 Å². The summed E-state index contributed by atoms with van der Waals surface area (Å²) in [6.07, 6.45) is 1.39. The van der Waals surface area contributed by atoms with Crippen LogP contribution in [0, 0.1) is 5.82 Å². The second kappa shape index (κ2) is 7.04. The number of aromatic hydroxyl groups is 1. The largest absolute Gasteiger partial charge is 0.504 e. The Morgan fingerprint density at radius 2 is 2.05 bits per heavy atom. The number of halogens is 3. The molecule has 2 aromatic rings. The molecule has 0 aliphatic carbocycles. The molecule has 0 radical (unpaired) electrons. The van der Waals surface area contributed by atoms with Crippen molar-refractivity contribution in [3.63, 3.8) is 0 Å². The van der Waals surface area contributed by atoms with Crippen molar-refractivity contribution >= 4 is 43.8 Å². The Kier molecular flexibility index (Phi) is 5.36. The molecule has 0 unspecified atom stereocenters. The van der Waals surface area contributed by atoms with Gasteiger partial charge in [-0.1, -0.05) is 12.1 Å². The standard InChI is InChI=1S/C15H12Br2FNO2/c1-2-21-13-7-10(16)14(17)9(15(13)20)8-19-12-6-4-3-5-11(12)18/h3-8,20H,2H2,1H3. The smallest absolute Gasteiger partial charge is 0.167 e. The Hall–Kier alpha value is -1.40. The molecule has 6 heteroatoms. The fraction of sp³-hybridized carbons (Fsp3) is 0.133. The van der Waals surface area contributed by atoms with Crippen LogP contribution >= 0.6 is 31.9 Å². The molecular formula is C15H12Br2FNO2. The van der Waals surface area contributed by atoms with Crippen molar-refractivity contribution in [3.05, 3.63) is 50.7 Å². The van der Waals surface area contributed by atoms with Gasteiger partial charge in [-0.3, -0.25) is 4.99 Å². The van der Waals surface area contributed by atoms with Crippen molar-refractivity contribution < 1.29 is 14.2 Å². The SMILES string of the molecule is CCOc1cc(Br)c(Br)c(C=Nc2ccccc2F)c1O. The van der Waals surface area contributed by atoms with Crippen molar-refractivity contribution in [1.29, 1.82) is 0 Å². The molecule has 0 aliphatic heterocycles. The zero-order chi connectivity index (χ0) is 15.4. The molecule has 0 saturated heterocycles. The van der Waals surface area contributed by atoms with Gasteiger partial charge in [0.1, 0.15) is 5.82 Å². The lowest BCUT2D eigenvalue weighted by atomic mass is 10.2. The zero-order valence-electron chi connectivity index (χ0n) is 11.1. The lowest BCUT2D eigenvalue weighted by Crippen LogP contribution is -1.96. The highest BCUT2D eigenvalue weighted by Crippen LogP contribution is 2.39. The average Bonchev–Trinajstić information content (AvgIpc) is 2.46. The summed E-state index contributed by atoms with van der Waals surface area (Å²) >= 11 is 6.73.